The van der Waals surface area contributed by atoms with Crippen LogP contribution in [-0.2, 0) is 9.59 Å². The van der Waals surface area contributed by atoms with E-state index in [9.17, 15) is 9.59 Å². The summed E-state index contributed by atoms with van der Waals surface area (Å²) in [6.45, 7) is 11.3. The first-order chi connectivity index (χ1) is 13.8. The summed E-state index contributed by atoms with van der Waals surface area (Å²) in [4.78, 5) is 37.3. The van der Waals surface area contributed by atoms with Crippen molar-refractivity contribution in [3.05, 3.63) is 23.5 Å². The fourth-order valence-corrected chi connectivity index (χ4v) is 4.01. The lowest BCUT2D eigenvalue weighted by Gasteiger charge is -2.36. The highest BCUT2D eigenvalue weighted by Crippen LogP contribution is 2.36. The highest BCUT2D eigenvalue weighted by molar-refractivity contribution is 6.45. The minimum absolute atomic E-state index is 0.0262. The molecule has 2 amide bonds. The number of piperazine rings is 1. The number of hydrogen-bond acceptors (Lipinski definition) is 4. The van der Waals surface area contributed by atoms with E-state index in [1.165, 1.54) is 0 Å². The number of carbonyl (C=O) groups excluding carboxylic acids is 2. The van der Waals surface area contributed by atoms with Crippen molar-refractivity contribution in [2.75, 3.05) is 19.6 Å². The zero-order valence-corrected chi connectivity index (χ0v) is 18.2. The Kier molecular flexibility index (Phi) is 6.77. The van der Waals surface area contributed by atoms with Crippen LogP contribution in [0.1, 0.15) is 46.5 Å². The largest absolute Gasteiger partial charge is 0.343 e. The number of amides is 2. The number of likely N-dealkylation sites (tertiary alicyclic amines) is 1. The van der Waals surface area contributed by atoms with Gasteiger partial charge in [0, 0.05) is 32.6 Å². The van der Waals surface area contributed by atoms with Crippen LogP contribution in [0.3, 0.4) is 0 Å². The second-order valence-corrected chi connectivity index (χ2v) is 8.47. The molecule has 1 saturated carbocycles. The number of allylic oxidation sites excluding steroid dienone is 1. The van der Waals surface area contributed by atoms with E-state index < -0.39 is 0 Å². The van der Waals surface area contributed by atoms with E-state index in [1.54, 1.807) is 11.8 Å². The molecule has 8 heteroatoms. The number of amidine groups is 2. The second-order valence-electron chi connectivity index (χ2n) is 8.03. The first kappa shape index (κ1) is 21.6. The molecule has 1 aliphatic carbocycles. The maximum atomic E-state index is 13.3. The topological polar surface area (TPSA) is 77.4 Å². The van der Waals surface area contributed by atoms with Gasteiger partial charge in [0.15, 0.2) is 11.7 Å². The maximum absolute atomic E-state index is 13.3. The molecule has 3 fully saturated rings. The van der Waals surface area contributed by atoms with E-state index in [1.807, 2.05) is 17.9 Å². The van der Waals surface area contributed by atoms with E-state index in [4.69, 9.17) is 11.6 Å². The van der Waals surface area contributed by atoms with Crippen LogP contribution in [0.5, 0.6) is 0 Å². The quantitative estimate of drug-likeness (QED) is 0.696. The Bertz CT molecular complexity index is 776. The number of nitrogens with one attached hydrogen (secondary N) is 1. The van der Waals surface area contributed by atoms with Gasteiger partial charge in [-0.3, -0.25) is 19.5 Å². The minimum atomic E-state index is -0.173. The predicted octanol–water partition coefficient (Wildman–Crippen LogP) is 2.89. The Morgan fingerprint density at radius 3 is 2.52 bits per heavy atom. The van der Waals surface area contributed by atoms with Crippen LogP contribution < -0.4 is 5.32 Å². The number of rotatable bonds is 5. The molecule has 1 atom stereocenters. The van der Waals surface area contributed by atoms with Gasteiger partial charge >= 0.3 is 0 Å². The van der Waals surface area contributed by atoms with Gasteiger partial charge in [0.2, 0.25) is 5.91 Å². The molecule has 7 nitrogen and oxygen atoms in total. The highest BCUT2D eigenvalue weighted by Gasteiger charge is 2.42. The molecule has 0 aromatic carbocycles. The van der Waals surface area contributed by atoms with Crippen molar-refractivity contribution >= 4 is 35.1 Å². The standard InChI is InChI=1S/C21H30ClN5O2/c1-5-18-20(24-14(3)22)27(13(2)17-6-7-17)21(29)19(25-18)23-12-16-8-10-26(11-9-16)15(4)28/h5,13,16-17H,3,6-12H2,1-2,4H3,(H,23,25)/b18-5+,24-20?/t13-/m0/s1. The zero-order chi connectivity index (χ0) is 21.1. The summed E-state index contributed by atoms with van der Waals surface area (Å²) in [6.07, 6.45) is 5.91. The molecule has 0 spiro atoms. The first-order valence-electron chi connectivity index (χ1n) is 10.3. The predicted molar refractivity (Wildman–Crippen MR) is 116 cm³/mol. The molecule has 0 bridgehead atoms. The van der Waals surface area contributed by atoms with Crippen molar-refractivity contribution in [3.8, 4) is 0 Å². The Labute approximate surface area is 177 Å². The van der Waals surface area contributed by atoms with Gasteiger partial charge in [-0.25, -0.2) is 4.99 Å². The molecule has 0 unspecified atom stereocenters. The number of hydrogen-bond donors (Lipinski definition) is 1. The van der Waals surface area contributed by atoms with E-state index in [-0.39, 0.29) is 23.0 Å². The van der Waals surface area contributed by atoms with Gasteiger partial charge in [-0.2, -0.15) is 0 Å². The van der Waals surface area contributed by atoms with Crippen molar-refractivity contribution in [2.45, 2.75) is 52.5 Å². The van der Waals surface area contributed by atoms with E-state index in [2.05, 4.69) is 28.8 Å². The number of aliphatic imine (C=N–C) groups is 2. The highest BCUT2D eigenvalue weighted by atomic mass is 35.5. The van der Waals surface area contributed by atoms with E-state index in [0.29, 0.717) is 35.7 Å². The SMILES string of the molecule is C=C(Cl)N=C1/C(=C\C)NC(=NCC2CCN(C(C)=O)CC2)C(=O)N1[C@@H](C)C1CC1. The molecule has 3 rings (SSSR count). The molecule has 2 saturated heterocycles. The van der Waals surface area contributed by atoms with Gasteiger partial charge in [0.25, 0.3) is 5.91 Å². The van der Waals surface area contributed by atoms with Gasteiger partial charge in [0.1, 0.15) is 5.16 Å². The molecule has 3 aliphatic rings. The molecule has 2 aliphatic heterocycles. The molecular formula is C21H30ClN5O2. The Morgan fingerprint density at radius 1 is 1.34 bits per heavy atom. The van der Waals surface area contributed by atoms with Crippen LogP contribution in [0.15, 0.2) is 33.5 Å². The average molecular weight is 420 g/mol. The van der Waals surface area contributed by atoms with Gasteiger partial charge in [-0.15, -0.1) is 0 Å². The lowest BCUT2D eigenvalue weighted by atomic mass is 9.97. The average Bonchev–Trinajstić information content (AvgIpc) is 3.52. The third-order valence-electron chi connectivity index (χ3n) is 5.94. The third kappa shape index (κ3) is 5.07. The lowest BCUT2D eigenvalue weighted by molar-refractivity contribution is -0.130. The van der Waals surface area contributed by atoms with Gasteiger partial charge in [-0.05, 0) is 51.4 Å². The summed E-state index contributed by atoms with van der Waals surface area (Å²) >= 11 is 5.95. The van der Waals surface area contributed by atoms with Crippen LogP contribution >= 0.6 is 11.6 Å². The van der Waals surface area contributed by atoms with Crippen molar-refractivity contribution in [1.29, 1.82) is 0 Å². The summed E-state index contributed by atoms with van der Waals surface area (Å²) in [6, 6.07) is 0.0262. The van der Waals surface area contributed by atoms with Crippen molar-refractivity contribution < 1.29 is 9.59 Å². The van der Waals surface area contributed by atoms with Crippen molar-refractivity contribution in [3.63, 3.8) is 0 Å². The van der Waals surface area contributed by atoms with Gasteiger partial charge in [-0.1, -0.05) is 24.3 Å². The minimum Gasteiger partial charge on any atom is -0.343 e. The van der Waals surface area contributed by atoms with Crippen molar-refractivity contribution in [2.24, 2.45) is 21.8 Å². The summed E-state index contributed by atoms with van der Waals surface area (Å²) in [5, 5.41) is 3.28. The summed E-state index contributed by atoms with van der Waals surface area (Å²) in [7, 11) is 0. The molecule has 0 aromatic rings. The van der Waals surface area contributed by atoms with E-state index in [0.717, 1.165) is 38.8 Å². The second kappa shape index (κ2) is 9.11. The molecule has 29 heavy (non-hydrogen) atoms. The van der Waals surface area contributed by atoms with Crippen molar-refractivity contribution in [1.82, 2.24) is 15.1 Å². The van der Waals surface area contributed by atoms with Gasteiger partial charge in [0.05, 0.1) is 5.70 Å². The molecule has 1 N–H and O–H groups in total. The maximum Gasteiger partial charge on any atom is 0.295 e. The van der Waals surface area contributed by atoms with E-state index >= 15 is 0 Å². The fraction of sp³-hybridized carbons (Fsp3) is 0.619. The molecule has 0 radical (unpaired) electrons. The molecular weight excluding hydrogens is 390 g/mol. The third-order valence-corrected chi connectivity index (χ3v) is 6.02. The fourth-order valence-electron chi connectivity index (χ4n) is 3.93. The lowest BCUT2D eigenvalue weighted by Crippen LogP contribution is -2.58. The monoisotopic (exact) mass is 419 g/mol. The number of nitrogens with zero attached hydrogens (tertiary/aromatic N) is 4. The molecule has 158 valence electrons. The Hall–Kier alpha value is -2.15. The first-order valence-corrected chi connectivity index (χ1v) is 10.7. The number of halogens is 1. The summed E-state index contributed by atoms with van der Waals surface area (Å²) < 4.78 is 0. The van der Waals surface area contributed by atoms with Gasteiger partial charge < -0.3 is 10.2 Å². The summed E-state index contributed by atoms with van der Waals surface area (Å²) in [5.41, 5.74) is 0.712. The smallest absolute Gasteiger partial charge is 0.295 e. The normalized spacial score (nSPS) is 26.2. The molecule has 2 heterocycles. The molecule has 0 aromatic heterocycles. The van der Waals surface area contributed by atoms with Crippen LogP contribution in [0.2, 0.25) is 0 Å². The number of piperidine rings is 1. The Morgan fingerprint density at radius 2 is 2.00 bits per heavy atom. The van der Waals surface area contributed by atoms with Crippen LogP contribution in [0.25, 0.3) is 0 Å². The van der Waals surface area contributed by atoms with Crippen LogP contribution in [-0.4, -0.2) is 59.0 Å². The summed E-state index contributed by atoms with van der Waals surface area (Å²) in [5.74, 6) is 1.64. The van der Waals surface area contributed by atoms with Crippen LogP contribution in [0.4, 0.5) is 0 Å². The van der Waals surface area contributed by atoms with Crippen LogP contribution in [0, 0.1) is 11.8 Å². The Balaban J connectivity index is 1.78. The number of carbonyl (C=O) groups is 2. The zero-order valence-electron chi connectivity index (χ0n) is 17.4.